The maximum Gasteiger partial charge on any atom is 0.422 e. The van der Waals surface area contributed by atoms with E-state index in [9.17, 15) is 18.0 Å². The standard InChI is InChI=1S/C14H19F3N2O2/c1-9(2)7-10(18)13(20)19-11-5-3-4-6-12(11)21-8-14(15,16)17/h3-6,9-10H,7-8,18H2,1-2H3,(H,19,20)/t10-/m0/s1. The smallest absolute Gasteiger partial charge is 0.422 e. The van der Waals surface area contributed by atoms with E-state index >= 15 is 0 Å². The first-order chi connectivity index (χ1) is 9.69. The van der Waals surface area contributed by atoms with Gasteiger partial charge in [-0.1, -0.05) is 26.0 Å². The van der Waals surface area contributed by atoms with Crippen LogP contribution in [0.15, 0.2) is 24.3 Å². The van der Waals surface area contributed by atoms with Gasteiger partial charge in [-0.25, -0.2) is 0 Å². The minimum Gasteiger partial charge on any atom is -0.482 e. The Bertz CT molecular complexity index is 476. The molecule has 0 fully saturated rings. The first-order valence-electron chi connectivity index (χ1n) is 6.54. The van der Waals surface area contributed by atoms with Gasteiger partial charge in [0.25, 0.3) is 0 Å². The number of benzene rings is 1. The zero-order chi connectivity index (χ0) is 16.0. The number of amides is 1. The van der Waals surface area contributed by atoms with Crippen molar-refractivity contribution in [2.24, 2.45) is 11.7 Å². The molecule has 1 atom stereocenters. The van der Waals surface area contributed by atoms with Crippen LogP contribution in [0.4, 0.5) is 18.9 Å². The Kier molecular flexibility index (Phi) is 6.02. The molecule has 3 N–H and O–H groups in total. The molecule has 0 unspecified atom stereocenters. The van der Waals surface area contributed by atoms with Crippen molar-refractivity contribution in [3.63, 3.8) is 0 Å². The Balaban J connectivity index is 2.72. The van der Waals surface area contributed by atoms with Crippen LogP contribution in [0.2, 0.25) is 0 Å². The minimum atomic E-state index is -4.44. The zero-order valence-corrected chi connectivity index (χ0v) is 11.9. The molecular weight excluding hydrogens is 285 g/mol. The van der Waals surface area contributed by atoms with Gasteiger partial charge in [-0.15, -0.1) is 0 Å². The van der Waals surface area contributed by atoms with Crippen molar-refractivity contribution in [2.75, 3.05) is 11.9 Å². The molecule has 7 heteroatoms. The Morgan fingerprint density at radius 1 is 1.33 bits per heavy atom. The fourth-order valence-corrected chi connectivity index (χ4v) is 1.70. The van der Waals surface area contributed by atoms with E-state index < -0.39 is 24.7 Å². The molecule has 0 aromatic heterocycles. The van der Waals surface area contributed by atoms with E-state index in [-0.39, 0.29) is 17.4 Å². The van der Waals surface area contributed by atoms with E-state index in [1.165, 1.54) is 18.2 Å². The monoisotopic (exact) mass is 304 g/mol. The number of ether oxygens (including phenoxy) is 1. The van der Waals surface area contributed by atoms with Crippen LogP contribution in [-0.4, -0.2) is 24.7 Å². The summed E-state index contributed by atoms with van der Waals surface area (Å²) in [5.74, 6) is -0.255. The van der Waals surface area contributed by atoms with Gasteiger partial charge in [0.05, 0.1) is 11.7 Å². The number of carbonyl (C=O) groups excluding carboxylic acids is 1. The Morgan fingerprint density at radius 2 is 1.95 bits per heavy atom. The molecule has 1 rings (SSSR count). The molecule has 118 valence electrons. The summed E-state index contributed by atoms with van der Waals surface area (Å²) in [4.78, 5) is 11.9. The van der Waals surface area contributed by atoms with Gasteiger partial charge in [-0.05, 0) is 24.5 Å². The summed E-state index contributed by atoms with van der Waals surface area (Å²) in [7, 11) is 0. The van der Waals surface area contributed by atoms with Crippen molar-refractivity contribution >= 4 is 11.6 Å². The molecule has 0 bridgehead atoms. The SMILES string of the molecule is CC(C)C[C@H](N)C(=O)Nc1ccccc1OCC(F)(F)F. The molecule has 1 amide bonds. The predicted molar refractivity (Wildman–Crippen MR) is 74.1 cm³/mol. The number of para-hydroxylation sites is 2. The van der Waals surface area contributed by atoms with Gasteiger partial charge >= 0.3 is 6.18 Å². The van der Waals surface area contributed by atoms with Crippen LogP contribution >= 0.6 is 0 Å². The molecule has 0 spiro atoms. The summed E-state index contributed by atoms with van der Waals surface area (Å²) in [6, 6.07) is 5.21. The molecule has 0 aliphatic rings. The third-order valence-corrected chi connectivity index (χ3v) is 2.60. The number of carbonyl (C=O) groups is 1. The van der Waals surface area contributed by atoms with Crippen molar-refractivity contribution in [1.82, 2.24) is 0 Å². The Labute approximate surface area is 121 Å². The van der Waals surface area contributed by atoms with Crippen LogP contribution in [0.25, 0.3) is 0 Å². The number of halogens is 3. The molecule has 0 aliphatic carbocycles. The number of anilines is 1. The minimum absolute atomic E-state index is 0.0417. The van der Waals surface area contributed by atoms with Crippen LogP contribution < -0.4 is 15.8 Å². The lowest BCUT2D eigenvalue weighted by molar-refractivity contribution is -0.153. The second-order valence-electron chi connectivity index (χ2n) is 5.13. The lowest BCUT2D eigenvalue weighted by atomic mass is 10.0. The fraction of sp³-hybridized carbons (Fsp3) is 0.500. The highest BCUT2D eigenvalue weighted by atomic mass is 19.4. The normalized spacial score (nSPS) is 13.1. The van der Waals surface area contributed by atoms with Crippen molar-refractivity contribution in [3.8, 4) is 5.75 Å². The summed E-state index contributed by atoms with van der Waals surface area (Å²) in [5.41, 5.74) is 5.90. The second kappa shape index (κ2) is 7.31. The third-order valence-electron chi connectivity index (χ3n) is 2.60. The highest BCUT2D eigenvalue weighted by Crippen LogP contribution is 2.26. The number of hydrogen-bond donors (Lipinski definition) is 2. The second-order valence-corrected chi connectivity index (χ2v) is 5.13. The van der Waals surface area contributed by atoms with Crippen LogP contribution in [-0.2, 0) is 4.79 Å². The van der Waals surface area contributed by atoms with Crippen LogP contribution in [0.3, 0.4) is 0 Å². The maximum atomic E-state index is 12.2. The fourth-order valence-electron chi connectivity index (χ4n) is 1.70. The number of hydrogen-bond acceptors (Lipinski definition) is 3. The van der Waals surface area contributed by atoms with E-state index in [0.717, 1.165) is 0 Å². The van der Waals surface area contributed by atoms with E-state index in [0.29, 0.717) is 6.42 Å². The van der Waals surface area contributed by atoms with Gasteiger partial charge in [0, 0.05) is 0 Å². The molecule has 21 heavy (non-hydrogen) atoms. The highest BCUT2D eigenvalue weighted by Gasteiger charge is 2.29. The summed E-state index contributed by atoms with van der Waals surface area (Å²) in [5, 5.41) is 2.50. The van der Waals surface area contributed by atoms with Gasteiger partial charge in [0.15, 0.2) is 6.61 Å². The molecule has 0 saturated heterocycles. The molecule has 1 aromatic carbocycles. The van der Waals surface area contributed by atoms with Gasteiger partial charge in [0.1, 0.15) is 5.75 Å². The third kappa shape index (κ3) is 6.48. The lowest BCUT2D eigenvalue weighted by Gasteiger charge is -2.17. The molecule has 0 aliphatic heterocycles. The Hall–Kier alpha value is -1.76. The number of nitrogens with one attached hydrogen (secondary N) is 1. The van der Waals surface area contributed by atoms with E-state index in [4.69, 9.17) is 5.73 Å². The van der Waals surface area contributed by atoms with Crippen LogP contribution in [0.5, 0.6) is 5.75 Å². The van der Waals surface area contributed by atoms with E-state index in [1.54, 1.807) is 6.07 Å². The number of nitrogens with two attached hydrogens (primary N) is 1. The summed E-state index contributed by atoms with van der Waals surface area (Å²) >= 11 is 0. The molecule has 4 nitrogen and oxygen atoms in total. The molecular formula is C14H19F3N2O2. The van der Waals surface area contributed by atoms with Crippen molar-refractivity contribution in [2.45, 2.75) is 32.5 Å². The highest BCUT2D eigenvalue weighted by molar-refractivity contribution is 5.95. The van der Waals surface area contributed by atoms with Crippen LogP contribution in [0, 0.1) is 5.92 Å². The van der Waals surface area contributed by atoms with Crippen molar-refractivity contribution in [3.05, 3.63) is 24.3 Å². The van der Waals surface area contributed by atoms with Crippen molar-refractivity contribution < 1.29 is 22.7 Å². The predicted octanol–water partition coefficient (Wildman–Crippen LogP) is 2.94. The van der Waals surface area contributed by atoms with E-state index in [1.807, 2.05) is 13.8 Å². The molecule has 0 radical (unpaired) electrons. The topological polar surface area (TPSA) is 64.4 Å². The van der Waals surface area contributed by atoms with Gasteiger partial charge in [0.2, 0.25) is 5.91 Å². The summed E-state index contributed by atoms with van der Waals surface area (Å²) in [6.07, 6.45) is -3.96. The number of rotatable bonds is 6. The molecule has 0 heterocycles. The Morgan fingerprint density at radius 3 is 2.52 bits per heavy atom. The average molecular weight is 304 g/mol. The quantitative estimate of drug-likeness (QED) is 0.849. The van der Waals surface area contributed by atoms with Crippen molar-refractivity contribution in [1.29, 1.82) is 0 Å². The van der Waals surface area contributed by atoms with E-state index in [2.05, 4.69) is 10.1 Å². The van der Waals surface area contributed by atoms with Gasteiger partial charge in [-0.2, -0.15) is 13.2 Å². The first kappa shape index (κ1) is 17.3. The first-order valence-corrected chi connectivity index (χ1v) is 6.54. The van der Waals surface area contributed by atoms with Gasteiger partial charge < -0.3 is 15.8 Å². The largest absolute Gasteiger partial charge is 0.482 e. The lowest BCUT2D eigenvalue weighted by Crippen LogP contribution is -2.36. The molecule has 1 aromatic rings. The maximum absolute atomic E-state index is 12.2. The summed E-state index contributed by atoms with van der Waals surface area (Å²) < 4.78 is 41.2. The zero-order valence-electron chi connectivity index (χ0n) is 11.9. The van der Waals surface area contributed by atoms with Crippen LogP contribution in [0.1, 0.15) is 20.3 Å². The van der Waals surface area contributed by atoms with Gasteiger partial charge in [-0.3, -0.25) is 4.79 Å². The number of alkyl halides is 3. The molecule has 0 saturated carbocycles. The summed E-state index contributed by atoms with van der Waals surface area (Å²) in [6.45, 7) is 2.43. The average Bonchev–Trinajstić information content (AvgIpc) is 2.35.